The van der Waals surface area contributed by atoms with E-state index in [0.717, 1.165) is 24.6 Å². The van der Waals surface area contributed by atoms with Gasteiger partial charge in [0.1, 0.15) is 5.82 Å². The SMILES string of the molecule is CCN(CC1CCC1)C(CN)c1cccc(F)c1. The molecule has 2 N–H and O–H groups in total. The van der Waals surface area contributed by atoms with Crippen LogP contribution < -0.4 is 5.73 Å². The van der Waals surface area contributed by atoms with Crippen LogP contribution in [0.25, 0.3) is 0 Å². The molecular weight excluding hydrogens is 227 g/mol. The van der Waals surface area contributed by atoms with Crippen LogP contribution in [0.15, 0.2) is 24.3 Å². The summed E-state index contributed by atoms with van der Waals surface area (Å²) in [6, 6.07) is 6.99. The first-order valence-electron chi connectivity index (χ1n) is 6.94. The van der Waals surface area contributed by atoms with Crippen molar-refractivity contribution in [2.75, 3.05) is 19.6 Å². The lowest BCUT2D eigenvalue weighted by atomic mass is 9.84. The highest BCUT2D eigenvalue weighted by molar-refractivity contribution is 5.20. The molecule has 1 aliphatic rings. The Labute approximate surface area is 109 Å². The second-order valence-electron chi connectivity index (χ2n) is 5.19. The molecule has 1 fully saturated rings. The van der Waals surface area contributed by atoms with Crippen LogP contribution in [0.1, 0.15) is 37.8 Å². The fourth-order valence-electron chi connectivity index (χ4n) is 2.69. The minimum Gasteiger partial charge on any atom is -0.329 e. The monoisotopic (exact) mass is 250 g/mol. The molecule has 0 amide bonds. The van der Waals surface area contributed by atoms with Gasteiger partial charge in [-0.1, -0.05) is 25.5 Å². The second kappa shape index (κ2) is 6.30. The summed E-state index contributed by atoms with van der Waals surface area (Å²) in [6.45, 7) is 4.76. The molecule has 0 bridgehead atoms. The first-order valence-corrected chi connectivity index (χ1v) is 6.94. The molecule has 0 spiro atoms. The third-order valence-corrected chi connectivity index (χ3v) is 4.02. The van der Waals surface area contributed by atoms with E-state index in [1.807, 2.05) is 6.07 Å². The molecule has 1 aromatic rings. The summed E-state index contributed by atoms with van der Waals surface area (Å²) in [5, 5.41) is 0. The van der Waals surface area contributed by atoms with Crippen molar-refractivity contribution in [3.05, 3.63) is 35.6 Å². The Morgan fingerprint density at radius 3 is 2.72 bits per heavy atom. The molecule has 1 atom stereocenters. The van der Waals surface area contributed by atoms with Crippen molar-refractivity contribution in [2.45, 2.75) is 32.2 Å². The maximum absolute atomic E-state index is 13.3. The van der Waals surface area contributed by atoms with Crippen molar-refractivity contribution in [2.24, 2.45) is 11.7 Å². The van der Waals surface area contributed by atoms with Crippen molar-refractivity contribution in [1.29, 1.82) is 0 Å². The third kappa shape index (κ3) is 3.09. The average molecular weight is 250 g/mol. The van der Waals surface area contributed by atoms with Gasteiger partial charge in [-0.25, -0.2) is 4.39 Å². The number of nitrogens with two attached hydrogens (primary N) is 1. The van der Waals surface area contributed by atoms with E-state index in [1.165, 1.54) is 25.3 Å². The molecule has 18 heavy (non-hydrogen) atoms. The van der Waals surface area contributed by atoms with E-state index in [-0.39, 0.29) is 11.9 Å². The van der Waals surface area contributed by atoms with Crippen molar-refractivity contribution in [3.8, 4) is 0 Å². The van der Waals surface area contributed by atoms with E-state index < -0.39 is 0 Å². The summed E-state index contributed by atoms with van der Waals surface area (Å²) < 4.78 is 13.3. The number of hydrogen-bond donors (Lipinski definition) is 1. The normalized spacial score (nSPS) is 17.8. The Hall–Kier alpha value is -0.930. The zero-order chi connectivity index (χ0) is 13.0. The van der Waals surface area contributed by atoms with Crippen molar-refractivity contribution in [1.82, 2.24) is 4.90 Å². The summed E-state index contributed by atoms with van der Waals surface area (Å²) >= 11 is 0. The average Bonchev–Trinajstić information content (AvgIpc) is 2.32. The number of nitrogens with zero attached hydrogens (tertiary/aromatic N) is 1. The van der Waals surface area contributed by atoms with Crippen molar-refractivity contribution < 1.29 is 4.39 Å². The Morgan fingerprint density at radius 1 is 1.44 bits per heavy atom. The topological polar surface area (TPSA) is 29.3 Å². The van der Waals surface area contributed by atoms with Gasteiger partial charge in [0.15, 0.2) is 0 Å². The summed E-state index contributed by atoms with van der Waals surface area (Å²) in [5.74, 6) is 0.637. The lowest BCUT2D eigenvalue weighted by molar-refractivity contribution is 0.141. The zero-order valence-electron chi connectivity index (χ0n) is 11.1. The molecule has 3 heteroatoms. The molecule has 1 aliphatic carbocycles. The van der Waals surface area contributed by atoms with Crippen LogP contribution in [0.5, 0.6) is 0 Å². The molecular formula is C15H23FN2. The van der Waals surface area contributed by atoms with E-state index in [9.17, 15) is 4.39 Å². The van der Waals surface area contributed by atoms with Crippen LogP contribution in [0.2, 0.25) is 0 Å². The molecule has 0 saturated heterocycles. The minimum absolute atomic E-state index is 0.145. The van der Waals surface area contributed by atoms with Gasteiger partial charge >= 0.3 is 0 Å². The van der Waals surface area contributed by atoms with E-state index in [1.54, 1.807) is 12.1 Å². The van der Waals surface area contributed by atoms with Crippen LogP contribution in [0, 0.1) is 11.7 Å². The van der Waals surface area contributed by atoms with Gasteiger partial charge in [-0.3, -0.25) is 4.90 Å². The second-order valence-corrected chi connectivity index (χ2v) is 5.19. The molecule has 1 aromatic carbocycles. The van der Waals surface area contributed by atoms with Gasteiger partial charge < -0.3 is 5.73 Å². The molecule has 0 aliphatic heterocycles. The number of rotatable bonds is 6. The number of benzene rings is 1. The maximum Gasteiger partial charge on any atom is 0.123 e. The van der Waals surface area contributed by atoms with Gasteiger partial charge in [-0.2, -0.15) is 0 Å². The van der Waals surface area contributed by atoms with E-state index in [4.69, 9.17) is 5.73 Å². The standard InChI is InChI=1S/C15H23FN2/c1-2-18(11-12-5-3-6-12)15(10-17)13-7-4-8-14(16)9-13/h4,7-9,12,15H,2-3,5-6,10-11,17H2,1H3. The first kappa shape index (κ1) is 13.5. The first-order chi connectivity index (χ1) is 8.74. The quantitative estimate of drug-likeness (QED) is 0.841. The fraction of sp³-hybridized carbons (Fsp3) is 0.600. The molecule has 100 valence electrons. The summed E-state index contributed by atoms with van der Waals surface area (Å²) in [6.07, 6.45) is 4.02. The number of halogens is 1. The van der Waals surface area contributed by atoms with Gasteiger partial charge in [-0.05, 0) is 43.0 Å². The number of likely N-dealkylation sites (N-methyl/N-ethyl adjacent to an activating group) is 1. The highest BCUT2D eigenvalue weighted by Crippen LogP contribution is 2.30. The highest BCUT2D eigenvalue weighted by Gasteiger charge is 2.24. The highest BCUT2D eigenvalue weighted by atomic mass is 19.1. The molecule has 2 nitrogen and oxygen atoms in total. The van der Waals surface area contributed by atoms with Crippen LogP contribution >= 0.6 is 0 Å². The molecule has 1 unspecified atom stereocenters. The summed E-state index contributed by atoms with van der Waals surface area (Å²) in [7, 11) is 0. The number of hydrogen-bond acceptors (Lipinski definition) is 2. The largest absolute Gasteiger partial charge is 0.329 e. The molecule has 0 aromatic heterocycles. The molecule has 0 radical (unpaired) electrons. The fourth-order valence-corrected chi connectivity index (χ4v) is 2.69. The Kier molecular flexibility index (Phi) is 4.72. The van der Waals surface area contributed by atoms with E-state index in [2.05, 4.69) is 11.8 Å². The van der Waals surface area contributed by atoms with Crippen LogP contribution in [0.4, 0.5) is 4.39 Å². The Morgan fingerprint density at radius 2 is 2.22 bits per heavy atom. The lowest BCUT2D eigenvalue weighted by Gasteiger charge is -2.36. The van der Waals surface area contributed by atoms with Gasteiger partial charge in [0.25, 0.3) is 0 Å². The Bertz CT molecular complexity index is 377. The molecule has 0 heterocycles. The van der Waals surface area contributed by atoms with Crippen molar-refractivity contribution >= 4 is 0 Å². The zero-order valence-corrected chi connectivity index (χ0v) is 11.1. The minimum atomic E-state index is -0.175. The summed E-state index contributed by atoms with van der Waals surface area (Å²) in [4.78, 5) is 2.39. The van der Waals surface area contributed by atoms with Gasteiger partial charge in [0.2, 0.25) is 0 Å². The third-order valence-electron chi connectivity index (χ3n) is 4.02. The molecule has 1 saturated carbocycles. The van der Waals surface area contributed by atoms with Crippen LogP contribution in [-0.4, -0.2) is 24.5 Å². The predicted molar refractivity (Wildman–Crippen MR) is 72.8 cm³/mol. The predicted octanol–water partition coefficient (Wildman–Crippen LogP) is 2.95. The van der Waals surface area contributed by atoms with E-state index in [0.29, 0.717) is 6.54 Å². The van der Waals surface area contributed by atoms with Gasteiger partial charge in [0, 0.05) is 19.1 Å². The smallest absolute Gasteiger partial charge is 0.123 e. The van der Waals surface area contributed by atoms with E-state index >= 15 is 0 Å². The van der Waals surface area contributed by atoms with Crippen LogP contribution in [0.3, 0.4) is 0 Å². The van der Waals surface area contributed by atoms with Gasteiger partial charge in [-0.15, -0.1) is 0 Å². The maximum atomic E-state index is 13.3. The van der Waals surface area contributed by atoms with Gasteiger partial charge in [0.05, 0.1) is 0 Å². The Balaban J connectivity index is 2.09. The van der Waals surface area contributed by atoms with Crippen LogP contribution in [-0.2, 0) is 0 Å². The summed E-state index contributed by atoms with van der Waals surface area (Å²) in [5.41, 5.74) is 6.90. The molecule has 2 rings (SSSR count). The lowest BCUT2D eigenvalue weighted by Crippen LogP contribution is -2.38. The van der Waals surface area contributed by atoms with Crippen molar-refractivity contribution in [3.63, 3.8) is 0 Å².